The summed E-state index contributed by atoms with van der Waals surface area (Å²) < 4.78 is 58.6. The van der Waals surface area contributed by atoms with Gasteiger partial charge >= 0.3 is 0 Å². The topological polar surface area (TPSA) is 69.3 Å². The van der Waals surface area contributed by atoms with Gasteiger partial charge in [0.2, 0.25) is 0 Å². The molecule has 3 aromatic carbocycles. The Bertz CT molecular complexity index is 1790. The smallest absolute Gasteiger partial charge is 0.260 e. The first-order valence-electron chi connectivity index (χ1n) is 10.8. The van der Waals surface area contributed by atoms with Crippen molar-refractivity contribution in [2.45, 2.75) is 11.4 Å². The lowest BCUT2D eigenvalue weighted by Gasteiger charge is -2.14. The Balaban J connectivity index is 1.65. The number of fused-ring (bicyclic) bond motifs is 1. The van der Waals surface area contributed by atoms with Crippen LogP contribution in [0.4, 0.5) is 8.78 Å². The van der Waals surface area contributed by atoms with Gasteiger partial charge in [-0.3, -0.25) is 4.79 Å². The maximum atomic E-state index is 14.5. The Morgan fingerprint density at radius 3 is 2.39 bits per heavy atom. The van der Waals surface area contributed by atoms with Crippen LogP contribution in [0.25, 0.3) is 33.4 Å². The van der Waals surface area contributed by atoms with Crippen LogP contribution in [0.2, 0.25) is 5.02 Å². The molecule has 0 fully saturated rings. The number of aromatic nitrogens is 1. The third-order valence-corrected chi connectivity index (χ3v) is 7.34. The van der Waals surface area contributed by atoms with Gasteiger partial charge in [0.05, 0.1) is 33.8 Å². The van der Waals surface area contributed by atoms with E-state index < -0.39 is 27.0 Å². The van der Waals surface area contributed by atoms with Crippen LogP contribution in [0, 0.1) is 11.6 Å². The lowest BCUT2D eigenvalue weighted by molar-refractivity contribution is 0.557. The van der Waals surface area contributed by atoms with Crippen LogP contribution >= 0.6 is 11.6 Å². The number of nitrogens with zero attached hydrogens (tertiary/aromatic N) is 1. The zero-order chi connectivity index (χ0) is 25.6. The van der Waals surface area contributed by atoms with E-state index in [1.807, 2.05) is 0 Å². The first kappa shape index (κ1) is 24.0. The Morgan fingerprint density at radius 1 is 0.944 bits per heavy atom. The summed E-state index contributed by atoms with van der Waals surface area (Å²) >= 11 is 6.31. The van der Waals surface area contributed by atoms with Crippen molar-refractivity contribution in [1.29, 1.82) is 0 Å². The SMILES string of the molecule is CS(=O)(=O)c1ccc(-c2coc(-c3cc4cccc(Cl)c4c(=O)n3Cc3ccc(F)cc3F)c2)cc1. The molecule has 0 amide bonds. The molecule has 182 valence electrons. The molecule has 0 N–H and O–H groups in total. The Morgan fingerprint density at radius 2 is 1.69 bits per heavy atom. The van der Waals surface area contributed by atoms with Crippen molar-refractivity contribution in [2.75, 3.05) is 6.26 Å². The van der Waals surface area contributed by atoms with Gasteiger partial charge in [0, 0.05) is 23.4 Å². The Hall–Kier alpha value is -3.75. The Kier molecular flexibility index (Phi) is 6.02. The first-order valence-corrected chi connectivity index (χ1v) is 13.0. The molecular formula is C27H18ClF2NO4S. The van der Waals surface area contributed by atoms with E-state index in [4.69, 9.17) is 16.0 Å². The molecule has 2 heterocycles. The molecule has 5 nitrogen and oxygen atoms in total. The van der Waals surface area contributed by atoms with Gasteiger partial charge in [0.25, 0.3) is 5.56 Å². The number of rotatable bonds is 5. The van der Waals surface area contributed by atoms with E-state index >= 15 is 0 Å². The minimum Gasteiger partial charge on any atom is -0.462 e. The summed E-state index contributed by atoms with van der Waals surface area (Å²) in [6.45, 7) is -0.180. The minimum atomic E-state index is -3.34. The molecule has 5 aromatic rings. The van der Waals surface area contributed by atoms with E-state index in [0.29, 0.717) is 28.0 Å². The number of pyridine rings is 1. The predicted octanol–water partition coefficient (Wildman–Crippen LogP) is 6.31. The van der Waals surface area contributed by atoms with Crippen LogP contribution in [-0.4, -0.2) is 19.2 Å². The third-order valence-electron chi connectivity index (χ3n) is 5.90. The molecule has 2 aromatic heterocycles. The van der Waals surface area contributed by atoms with Gasteiger partial charge in [-0.15, -0.1) is 0 Å². The van der Waals surface area contributed by atoms with Crippen molar-refractivity contribution in [3.05, 3.63) is 112 Å². The van der Waals surface area contributed by atoms with Crippen LogP contribution in [-0.2, 0) is 16.4 Å². The molecule has 36 heavy (non-hydrogen) atoms. The van der Waals surface area contributed by atoms with Crippen LogP contribution in [0.1, 0.15) is 5.56 Å². The van der Waals surface area contributed by atoms with Gasteiger partial charge in [0.1, 0.15) is 11.6 Å². The molecular weight excluding hydrogens is 508 g/mol. The monoisotopic (exact) mass is 525 g/mol. The van der Waals surface area contributed by atoms with Crippen molar-refractivity contribution >= 4 is 32.2 Å². The molecule has 9 heteroatoms. The zero-order valence-corrected chi connectivity index (χ0v) is 20.4. The summed E-state index contributed by atoms with van der Waals surface area (Å²) in [7, 11) is -3.34. The lowest BCUT2D eigenvalue weighted by Crippen LogP contribution is -2.23. The van der Waals surface area contributed by atoms with E-state index in [-0.39, 0.29) is 27.4 Å². The maximum Gasteiger partial charge on any atom is 0.260 e. The molecule has 0 saturated heterocycles. The zero-order valence-electron chi connectivity index (χ0n) is 18.8. The second kappa shape index (κ2) is 9.04. The highest BCUT2D eigenvalue weighted by atomic mass is 35.5. The molecule has 5 rings (SSSR count). The van der Waals surface area contributed by atoms with Gasteiger partial charge in [-0.1, -0.05) is 41.9 Å². The molecule has 0 bridgehead atoms. The van der Waals surface area contributed by atoms with Gasteiger partial charge < -0.3 is 8.98 Å². The van der Waals surface area contributed by atoms with Crippen molar-refractivity contribution in [1.82, 2.24) is 4.57 Å². The number of benzene rings is 3. The molecule has 0 aliphatic heterocycles. The van der Waals surface area contributed by atoms with E-state index in [2.05, 4.69) is 0 Å². The largest absolute Gasteiger partial charge is 0.462 e. The molecule has 0 aliphatic rings. The van der Waals surface area contributed by atoms with Gasteiger partial charge in [-0.25, -0.2) is 17.2 Å². The van der Waals surface area contributed by atoms with Crippen molar-refractivity contribution in [3.8, 4) is 22.6 Å². The van der Waals surface area contributed by atoms with E-state index in [1.165, 1.54) is 29.0 Å². The van der Waals surface area contributed by atoms with Gasteiger partial charge in [-0.2, -0.15) is 0 Å². The summed E-state index contributed by atoms with van der Waals surface area (Å²) in [4.78, 5) is 13.7. The maximum absolute atomic E-state index is 14.5. The fourth-order valence-electron chi connectivity index (χ4n) is 4.05. The number of hydrogen-bond acceptors (Lipinski definition) is 4. The molecule has 0 saturated carbocycles. The van der Waals surface area contributed by atoms with Crippen molar-refractivity contribution in [2.24, 2.45) is 0 Å². The molecule has 0 radical (unpaired) electrons. The van der Waals surface area contributed by atoms with Gasteiger partial charge in [-0.05, 0) is 47.3 Å². The Labute approximate surface area is 210 Å². The molecule has 0 aliphatic carbocycles. The summed E-state index contributed by atoms with van der Waals surface area (Å²) in [6.07, 6.45) is 2.62. The van der Waals surface area contributed by atoms with Crippen LogP contribution in [0.3, 0.4) is 0 Å². The number of halogens is 3. The summed E-state index contributed by atoms with van der Waals surface area (Å²) in [6, 6.07) is 18.0. The second-order valence-corrected chi connectivity index (χ2v) is 10.8. The fraction of sp³-hybridized carbons (Fsp3) is 0.0741. The molecule has 0 spiro atoms. The lowest BCUT2D eigenvalue weighted by atomic mass is 10.1. The van der Waals surface area contributed by atoms with E-state index in [1.54, 1.807) is 42.5 Å². The summed E-state index contributed by atoms with van der Waals surface area (Å²) in [5, 5.41) is 1.10. The minimum absolute atomic E-state index is 0.120. The van der Waals surface area contributed by atoms with E-state index in [0.717, 1.165) is 18.4 Å². The quantitative estimate of drug-likeness (QED) is 0.269. The number of hydrogen-bond donors (Lipinski definition) is 0. The number of sulfone groups is 1. The normalized spacial score (nSPS) is 11.8. The predicted molar refractivity (Wildman–Crippen MR) is 135 cm³/mol. The van der Waals surface area contributed by atoms with Crippen LogP contribution in [0.5, 0.6) is 0 Å². The highest BCUT2D eigenvalue weighted by Crippen LogP contribution is 2.32. The van der Waals surface area contributed by atoms with Crippen molar-refractivity contribution in [3.63, 3.8) is 0 Å². The highest BCUT2D eigenvalue weighted by molar-refractivity contribution is 7.90. The van der Waals surface area contributed by atoms with E-state index in [9.17, 15) is 22.0 Å². The average molecular weight is 526 g/mol. The fourth-order valence-corrected chi connectivity index (χ4v) is 4.95. The average Bonchev–Trinajstić information content (AvgIpc) is 3.32. The highest BCUT2D eigenvalue weighted by Gasteiger charge is 2.18. The van der Waals surface area contributed by atoms with Crippen LogP contribution in [0.15, 0.2) is 93.2 Å². The third kappa shape index (κ3) is 4.45. The molecule has 0 unspecified atom stereocenters. The van der Waals surface area contributed by atoms with Crippen LogP contribution < -0.4 is 5.56 Å². The van der Waals surface area contributed by atoms with Gasteiger partial charge in [0.15, 0.2) is 15.6 Å². The summed E-state index contributed by atoms with van der Waals surface area (Å²) in [5.41, 5.74) is 1.40. The summed E-state index contributed by atoms with van der Waals surface area (Å²) in [5.74, 6) is -1.17. The first-order chi connectivity index (χ1) is 17.1. The standard InChI is InChI=1S/C27H18ClF2NO4S/c1-36(33,34)21-9-6-16(7-10-21)19-12-25(35-15-19)24-11-17-3-2-4-22(28)26(17)27(32)31(24)14-18-5-8-20(29)13-23(18)30/h2-13,15H,14H2,1H3. The number of furan rings is 1. The second-order valence-electron chi connectivity index (χ2n) is 8.36. The van der Waals surface area contributed by atoms with Crippen molar-refractivity contribution < 1.29 is 21.6 Å². The molecule has 0 atom stereocenters.